The first-order valence-corrected chi connectivity index (χ1v) is 37.4. The topological polar surface area (TPSA) is 95.9 Å². The van der Waals surface area contributed by atoms with Crippen molar-refractivity contribution in [2.45, 2.75) is 418 Å². The van der Waals surface area contributed by atoms with Gasteiger partial charge in [0.25, 0.3) is 0 Å². The van der Waals surface area contributed by atoms with Crippen molar-refractivity contribution in [2.75, 3.05) is 13.2 Å². The predicted octanol–water partition coefficient (Wildman–Crippen LogP) is 24.4. The number of esters is 1. The lowest BCUT2D eigenvalue weighted by molar-refractivity contribution is -0.143. The molecule has 6 heteroatoms. The van der Waals surface area contributed by atoms with Crippen molar-refractivity contribution in [2.24, 2.45) is 0 Å². The minimum absolute atomic E-state index is 0.00292. The van der Waals surface area contributed by atoms with Crippen LogP contribution in [0.5, 0.6) is 0 Å². The summed E-state index contributed by atoms with van der Waals surface area (Å²) in [7, 11) is 0. The normalized spacial score (nSPS) is 12.8. The average Bonchev–Trinajstić information content (AvgIpc) is 3.49. The van der Waals surface area contributed by atoms with Crippen LogP contribution in [0, 0.1) is 0 Å². The fourth-order valence-electron chi connectivity index (χ4n) is 11.6. The number of nitrogens with one attached hydrogen (secondary N) is 1. The Kier molecular flexibility index (Phi) is 70.4. The first kappa shape index (κ1) is 80.8. The Morgan fingerprint density at radius 3 is 0.940 bits per heavy atom. The Labute approximate surface area is 518 Å². The zero-order valence-electron chi connectivity index (χ0n) is 55.9. The van der Waals surface area contributed by atoms with Gasteiger partial charge in [0.05, 0.1) is 25.4 Å². The summed E-state index contributed by atoms with van der Waals surface area (Å²) in [6.45, 7) is 4.95. The highest BCUT2D eigenvalue weighted by Gasteiger charge is 2.20. The highest BCUT2D eigenvalue weighted by Crippen LogP contribution is 2.19. The summed E-state index contributed by atoms with van der Waals surface area (Å²) in [5, 5.41) is 23.4. The Morgan fingerprint density at radius 2 is 0.602 bits per heavy atom. The van der Waals surface area contributed by atoms with E-state index in [-0.39, 0.29) is 18.5 Å². The number of carbonyl (C=O) groups is 2. The van der Waals surface area contributed by atoms with E-state index in [1.165, 1.54) is 315 Å². The van der Waals surface area contributed by atoms with Crippen molar-refractivity contribution in [1.82, 2.24) is 5.32 Å². The number of ether oxygens (including phenoxy) is 1. The van der Waals surface area contributed by atoms with Gasteiger partial charge in [-0.25, -0.2) is 0 Å². The number of aliphatic hydroxyl groups is 2. The van der Waals surface area contributed by atoms with Gasteiger partial charge in [-0.05, 0) is 89.9 Å². The molecule has 0 aromatic carbocycles. The van der Waals surface area contributed by atoms with Gasteiger partial charge in [-0.1, -0.05) is 351 Å². The van der Waals surface area contributed by atoms with Gasteiger partial charge in [0.2, 0.25) is 5.91 Å². The monoisotopic (exact) mass is 1160 g/mol. The molecule has 0 rings (SSSR count). The lowest BCUT2D eigenvalue weighted by Gasteiger charge is -2.22. The summed E-state index contributed by atoms with van der Waals surface area (Å²) in [6.07, 6.45) is 94.7. The van der Waals surface area contributed by atoms with Crippen molar-refractivity contribution in [1.29, 1.82) is 0 Å². The second-order valence-corrected chi connectivity index (χ2v) is 25.6. The Balaban J connectivity index is 3.37. The third-order valence-electron chi connectivity index (χ3n) is 17.4. The molecule has 0 spiro atoms. The van der Waals surface area contributed by atoms with Gasteiger partial charge >= 0.3 is 5.97 Å². The summed E-state index contributed by atoms with van der Waals surface area (Å²) in [5.41, 5.74) is 0. The van der Waals surface area contributed by atoms with E-state index in [9.17, 15) is 19.8 Å². The zero-order valence-corrected chi connectivity index (χ0v) is 55.9. The van der Waals surface area contributed by atoms with E-state index in [0.717, 1.165) is 57.8 Å². The van der Waals surface area contributed by atoms with Gasteiger partial charge in [0.15, 0.2) is 0 Å². The van der Waals surface area contributed by atoms with Crippen LogP contribution in [0.3, 0.4) is 0 Å². The van der Waals surface area contributed by atoms with Crippen molar-refractivity contribution < 1.29 is 24.5 Å². The molecule has 3 N–H and O–H groups in total. The second kappa shape index (κ2) is 72.3. The highest BCUT2D eigenvalue weighted by molar-refractivity contribution is 5.76. The van der Waals surface area contributed by atoms with Crippen LogP contribution in [0.15, 0.2) is 48.6 Å². The predicted molar refractivity (Wildman–Crippen MR) is 366 cm³/mol. The lowest BCUT2D eigenvalue weighted by Crippen LogP contribution is -2.45. The third-order valence-corrected chi connectivity index (χ3v) is 17.4. The molecular formula is C77H145NO5. The van der Waals surface area contributed by atoms with Gasteiger partial charge in [-0.3, -0.25) is 9.59 Å². The van der Waals surface area contributed by atoms with Crippen LogP contribution in [0.4, 0.5) is 0 Å². The summed E-state index contributed by atoms with van der Waals surface area (Å²) < 4.78 is 5.49. The van der Waals surface area contributed by atoms with Gasteiger partial charge in [-0.2, -0.15) is 0 Å². The SMILES string of the molecule is CCCCC/C=C\C/C=C\CCCCCCCC(=O)OCCCCCCCCCCCCC/C=C\C/C=C\CCCCCCCCCCCCCCCCCCCC(=O)NC(CO)C(O)CCCCCCCCCCCCCCCCCC. The maximum absolute atomic E-state index is 12.5. The Morgan fingerprint density at radius 1 is 0.337 bits per heavy atom. The number of carbonyl (C=O) groups excluding carboxylic acids is 2. The van der Waals surface area contributed by atoms with Crippen LogP contribution in [-0.2, 0) is 14.3 Å². The molecule has 488 valence electrons. The molecule has 0 aromatic rings. The number of rotatable bonds is 70. The average molecular weight is 1170 g/mol. The minimum atomic E-state index is -0.663. The second-order valence-electron chi connectivity index (χ2n) is 25.6. The summed E-state index contributed by atoms with van der Waals surface area (Å²) >= 11 is 0. The molecule has 0 bridgehead atoms. The molecule has 0 fully saturated rings. The van der Waals surface area contributed by atoms with Gasteiger partial charge in [-0.15, -0.1) is 0 Å². The van der Waals surface area contributed by atoms with E-state index in [0.29, 0.717) is 25.9 Å². The molecule has 0 aliphatic rings. The molecular weight excluding hydrogens is 1020 g/mol. The molecule has 2 unspecified atom stereocenters. The van der Waals surface area contributed by atoms with E-state index in [1.54, 1.807) is 0 Å². The van der Waals surface area contributed by atoms with Gasteiger partial charge in [0.1, 0.15) is 0 Å². The fourth-order valence-corrected chi connectivity index (χ4v) is 11.6. The number of unbranched alkanes of at least 4 members (excludes halogenated alkanes) is 51. The summed E-state index contributed by atoms with van der Waals surface area (Å²) in [4.78, 5) is 24.6. The maximum Gasteiger partial charge on any atom is 0.305 e. The molecule has 6 nitrogen and oxygen atoms in total. The van der Waals surface area contributed by atoms with E-state index in [4.69, 9.17) is 4.74 Å². The molecule has 83 heavy (non-hydrogen) atoms. The summed E-state index contributed by atoms with van der Waals surface area (Å²) in [5.74, 6) is -0.0268. The van der Waals surface area contributed by atoms with Crippen molar-refractivity contribution in [3.8, 4) is 0 Å². The lowest BCUT2D eigenvalue weighted by atomic mass is 10.0. The number of aliphatic hydroxyl groups excluding tert-OH is 2. The minimum Gasteiger partial charge on any atom is -0.466 e. The quantitative estimate of drug-likeness (QED) is 0.0320. The molecule has 0 aliphatic heterocycles. The van der Waals surface area contributed by atoms with Crippen LogP contribution in [0.2, 0.25) is 0 Å². The van der Waals surface area contributed by atoms with E-state index < -0.39 is 12.1 Å². The third kappa shape index (κ3) is 68.8. The standard InChI is InChI=1S/C77H145NO5/c1-3-5-7-9-11-13-15-17-19-42-45-49-53-57-61-65-69-75(80)74(73-79)78-76(81)70-66-62-58-54-50-46-43-39-37-35-33-31-29-27-25-23-21-20-22-24-26-28-30-32-34-36-38-40-44-48-52-56-60-64-68-72-83-77(82)71-67-63-59-55-51-47-41-18-16-14-12-10-8-6-4-2/h12,14,18,22,24,28,30,41,74-75,79-80H,3-11,13,15-17,19-21,23,25-27,29,31-40,42-73H2,1-2H3,(H,78,81)/b14-12-,24-22-,30-28-,41-18-. The van der Waals surface area contributed by atoms with Gasteiger partial charge < -0.3 is 20.3 Å². The number of hydrogen-bond donors (Lipinski definition) is 3. The molecule has 2 atom stereocenters. The molecule has 0 saturated heterocycles. The molecule has 1 amide bonds. The zero-order chi connectivity index (χ0) is 59.9. The molecule has 0 heterocycles. The maximum atomic E-state index is 12.5. The van der Waals surface area contributed by atoms with E-state index in [1.807, 2.05) is 0 Å². The first-order valence-electron chi connectivity index (χ1n) is 37.4. The van der Waals surface area contributed by atoms with Crippen molar-refractivity contribution in [3.63, 3.8) is 0 Å². The van der Waals surface area contributed by atoms with Crippen LogP contribution in [0.1, 0.15) is 406 Å². The highest BCUT2D eigenvalue weighted by atomic mass is 16.5. The number of allylic oxidation sites excluding steroid dienone is 8. The van der Waals surface area contributed by atoms with E-state index >= 15 is 0 Å². The number of hydrogen-bond acceptors (Lipinski definition) is 5. The van der Waals surface area contributed by atoms with Crippen LogP contribution < -0.4 is 5.32 Å². The van der Waals surface area contributed by atoms with Crippen molar-refractivity contribution >= 4 is 11.9 Å². The number of amides is 1. The van der Waals surface area contributed by atoms with Gasteiger partial charge in [0, 0.05) is 12.8 Å². The Bertz CT molecular complexity index is 1390. The molecule has 0 radical (unpaired) electrons. The first-order chi connectivity index (χ1) is 41.0. The fraction of sp³-hybridized carbons (Fsp3) is 0.870. The van der Waals surface area contributed by atoms with E-state index in [2.05, 4.69) is 67.8 Å². The van der Waals surface area contributed by atoms with Crippen molar-refractivity contribution in [3.05, 3.63) is 48.6 Å². The largest absolute Gasteiger partial charge is 0.466 e. The van der Waals surface area contributed by atoms with Crippen LogP contribution >= 0.6 is 0 Å². The molecule has 0 saturated carbocycles. The molecule has 0 aromatic heterocycles. The van der Waals surface area contributed by atoms with Crippen LogP contribution in [0.25, 0.3) is 0 Å². The summed E-state index contributed by atoms with van der Waals surface area (Å²) in [6, 6.07) is -0.540. The molecule has 0 aliphatic carbocycles. The Hall–Kier alpha value is -2.18. The van der Waals surface area contributed by atoms with Crippen LogP contribution in [-0.4, -0.2) is 47.4 Å². The smallest absolute Gasteiger partial charge is 0.305 e.